The summed E-state index contributed by atoms with van der Waals surface area (Å²) in [7, 11) is 0. The van der Waals surface area contributed by atoms with Gasteiger partial charge in [0.05, 0.1) is 10.2 Å². The lowest BCUT2D eigenvalue weighted by atomic mass is 10.4. The zero-order chi connectivity index (χ0) is 6.85. The normalized spacial score (nSPS) is 9.44. The zero-order valence-electron chi connectivity index (χ0n) is 4.63. The van der Waals surface area contributed by atoms with Crippen molar-refractivity contribution in [1.29, 1.82) is 0 Å². The van der Waals surface area contributed by atoms with Crippen LogP contribution in [0.2, 0.25) is 0 Å². The standard InChI is InChI=1S/C5H6BrN3/c6-3-2-9-5(8)1-4(3)7/h1-2H,(H4,7,8,9). The first kappa shape index (κ1) is 6.35. The summed E-state index contributed by atoms with van der Waals surface area (Å²) in [5.41, 5.74) is 11.4. The molecule has 4 N–H and O–H groups in total. The van der Waals surface area contributed by atoms with E-state index in [2.05, 4.69) is 20.9 Å². The molecule has 0 fully saturated rings. The minimum absolute atomic E-state index is 0.440. The first-order valence-corrected chi connectivity index (χ1v) is 3.16. The van der Waals surface area contributed by atoms with Crippen LogP contribution in [0.25, 0.3) is 0 Å². The molecule has 1 heterocycles. The summed E-state index contributed by atoms with van der Waals surface area (Å²) in [5.74, 6) is 0.440. The maximum Gasteiger partial charge on any atom is 0.125 e. The van der Waals surface area contributed by atoms with Crippen LogP contribution in [0.15, 0.2) is 16.7 Å². The third-order valence-corrected chi connectivity index (χ3v) is 1.57. The molecule has 0 amide bonds. The Morgan fingerprint density at radius 1 is 1.44 bits per heavy atom. The van der Waals surface area contributed by atoms with Gasteiger partial charge in [0.1, 0.15) is 5.82 Å². The van der Waals surface area contributed by atoms with Crippen molar-refractivity contribution in [1.82, 2.24) is 4.98 Å². The summed E-state index contributed by atoms with van der Waals surface area (Å²) < 4.78 is 0.775. The molecule has 0 spiro atoms. The van der Waals surface area contributed by atoms with E-state index in [0.29, 0.717) is 11.5 Å². The Balaban J connectivity index is 3.17. The van der Waals surface area contributed by atoms with Gasteiger partial charge in [-0.15, -0.1) is 0 Å². The molecule has 0 radical (unpaired) electrons. The van der Waals surface area contributed by atoms with Crippen molar-refractivity contribution < 1.29 is 0 Å². The minimum atomic E-state index is 0.440. The van der Waals surface area contributed by atoms with Crippen LogP contribution < -0.4 is 11.5 Å². The fourth-order valence-corrected chi connectivity index (χ4v) is 0.688. The van der Waals surface area contributed by atoms with E-state index in [4.69, 9.17) is 11.5 Å². The Kier molecular flexibility index (Phi) is 1.57. The van der Waals surface area contributed by atoms with Gasteiger partial charge in [-0.1, -0.05) is 0 Å². The maximum absolute atomic E-state index is 5.45. The summed E-state index contributed by atoms with van der Waals surface area (Å²) in [5, 5.41) is 0. The van der Waals surface area contributed by atoms with Crippen molar-refractivity contribution in [2.24, 2.45) is 0 Å². The predicted octanol–water partition coefficient (Wildman–Crippen LogP) is 1.01. The number of hydrogen-bond acceptors (Lipinski definition) is 3. The molecule has 0 aliphatic rings. The van der Waals surface area contributed by atoms with Gasteiger partial charge in [0.15, 0.2) is 0 Å². The second-order valence-electron chi connectivity index (χ2n) is 1.63. The average molecular weight is 188 g/mol. The summed E-state index contributed by atoms with van der Waals surface area (Å²) >= 11 is 3.19. The summed E-state index contributed by atoms with van der Waals surface area (Å²) in [6.45, 7) is 0. The summed E-state index contributed by atoms with van der Waals surface area (Å²) in [6.07, 6.45) is 1.57. The average Bonchev–Trinajstić information content (AvgIpc) is 1.80. The van der Waals surface area contributed by atoms with Gasteiger partial charge in [0, 0.05) is 12.3 Å². The molecule has 0 saturated heterocycles. The lowest BCUT2D eigenvalue weighted by Gasteiger charge is -1.95. The van der Waals surface area contributed by atoms with Crippen LogP contribution in [0.4, 0.5) is 11.5 Å². The summed E-state index contributed by atoms with van der Waals surface area (Å²) in [6, 6.07) is 1.60. The van der Waals surface area contributed by atoms with Crippen molar-refractivity contribution in [2.75, 3.05) is 11.5 Å². The van der Waals surface area contributed by atoms with Crippen LogP contribution >= 0.6 is 15.9 Å². The number of nitrogen functional groups attached to an aromatic ring is 2. The molecule has 9 heavy (non-hydrogen) atoms. The number of nitrogens with zero attached hydrogens (tertiary/aromatic N) is 1. The lowest BCUT2D eigenvalue weighted by molar-refractivity contribution is 1.32. The van der Waals surface area contributed by atoms with Gasteiger partial charge in [-0.25, -0.2) is 4.98 Å². The van der Waals surface area contributed by atoms with Gasteiger partial charge in [-0.05, 0) is 15.9 Å². The number of nitrogens with two attached hydrogens (primary N) is 2. The fourth-order valence-electron chi connectivity index (χ4n) is 0.471. The Bertz CT molecular complexity index is 223. The van der Waals surface area contributed by atoms with Crippen LogP contribution in [0, 0.1) is 0 Å². The molecule has 0 saturated carbocycles. The van der Waals surface area contributed by atoms with Crippen LogP contribution in [-0.4, -0.2) is 4.98 Å². The molecule has 1 aromatic heterocycles. The minimum Gasteiger partial charge on any atom is -0.398 e. The van der Waals surface area contributed by atoms with E-state index in [-0.39, 0.29) is 0 Å². The van der Waals surface area contributed by atoms with Crippen LogP contribution in [-0.2, 0) is 0 Å². The fraction of sp³-hybridized carbons (Fsp3) is 0. The smallest absolute Gasteiger partial charge is 0.125 e. The van der Waals surface area contributed by atoms with Crippen molar-refractivity contribution >= 4 is 27.4 Å². The number of hydrogen-bond donors (Lipinski definition) is 2. The molecule has 1 aromatic rings. The number of anilines is 2. The van der Waals surface area contributed by atoms with Crippen molar-refractivity contribution in [3.63, 3.8) is 0 Å². The van der Waals surface area contributed by atoms with Crippen molar-refractivity contribution in [3.05, 3.63) is 16.7 Å². The third kappa shape index (κ3) is 1.32. The molecule has 48 valence electrons. The van der Waals surface area contributed by atoms with Crippen molar-refractivity contribution in [3.8, 4) is 0 Å². The van der Waals surface area contributed by atoms with E-state index < -0.39 is 0 Å². The van der Waals surface area contributed by atoms with E-state index in [1.165, 1.54) is 0 Å². The molecule has 3 nitrogen and oxygen atoms in total. The second kappa shape index (κ2) is 2.23. The molecule has 0 atom stereocenters. The van der Waals surface area contributed by atoms with E-state index in [1.807, 2.05) is 0 Å². The lowest BCUT2D eigenvalue weighted by Crippen LogP contribution is -1.93. The quantitative estimate of drug-likeness (QED) is 0.638. The van der Waals surface area contributed by atoms with Gasteiger partial charge in [-0.3, -0.25) is 0 Å². The highest BCUT2D eigenvalue weighted by Crippen LogP contribution is 2.18. The SMILES string of the molecule is Nc1cc(N)c(Br)cn1. The van der Waals surface area contributed by atoms with E-state index >= 15 is 0 Å². The topological polar surface area (TPSA) is 64.9 Å². The summed E-state index contributed by atoms with van der Waals surface area (Å²) in [4.78, 5) is 3.79. The number of rotatable bonds is 0. The maximum atomic E-state index is 5.45. The van der Waals surface area contributed by atoms with Gasteiger partial charge >= 0.3 is 0 Å². The van der Waals surface area contributed by atoms with E-state index in [0.717, 1.165) is 4.47 Å². The Labute approximate surface area is 61.2 Å². The molecular weight excluding hydrogens is 182 g/mol. The Hall–Kier alpha value is -0.770. The highest BCUT2D eigenvalue weighted by atomic mass is 79.9. The molecule has 0 aromatic carbocycles. The van der Waals surface area contributed by atoms with E-state index in [1.54, 1.807) is 12.3 Å². The first-order chi connectivity index (χ1) is 4.20. The van der Waals surface area contributed by atoms with Gasteiger partial charge in [0.25, 0.3) is 0 Å². The number of halogens is 1. The first-order valence-electron chi connectivity index (χ1n) is 2.36. The largest absolute Gasteiger partial charge is 0.398 e. The Morgan fingerprint density at radius 3 is 2.56 bits per heavy atom. The highest BCUT2D eigenvalue weighted by molar-refractivity contribution is 9.10. The monoisotopic (exact) mass is 187 g/mol. The molecule has 0 aliphatic heterocycles. The highest BCUT2D eigenvalue weighted by Gasteiger charge is 1.93. The van der Waals surface area contributed by atoms with Crippen LogP contribution in [0.5, 0.6) is 0 Å². The van der Waals surface area contributed by atoms with E-state index in [9.17, 15) is 0 Å². The Morgan fingerprint density at radius 2 is 2.11 bits per heavy atom. The second-order valence-corrected chi connectivity index (χ2v) is 2.49. The number of aromatic nitrogens is 1. The van der Waals surface area contributed by atoms with Gasteiger partial charge in [-0.2, -0.15) is 0 Å². The molecule has 0 unspecified atom stereocenters. The van der Waals surface area contributed by atoms with Crippen LogP contribution in [0.3, 0.4) is 0 Å². The zero-order valence-corrected chi connectivity index (χ0v) is 6.22. The molecule has 0 bridgehead atoms. The predicted molar refractivity (Wildman–Crippen MR) is 40.8 cm³/mol. The molecule has 0 aliphatic carbocycles. The van der Waals surface area contributed by atoms with Gasteiger partial charge < -0.3 is 11.5 Å². The van der Waals surface area contributed by atoms with Gasteiger partial charge in [0.2, 0.25) is 0 Å². The van der Waals surface area contributed by atoms with Crippen molar-refractivity contribution in [2.45, 2.75) is 0 Å². The molecular formula is C5H6BrN3. The third-order valence-electron chi connectivity index (χ3n) is 0.906. The molecule has 1 rings (SSSR count). The number of pyridine rings is 1. The molecule has 4 heteroatoms. The van der Waals surface area contributed by atoms with Crippen LogP contribution in [0.1, 0.15) is 0 Å².